The average molecular weight is 426 g/mol. The molecule has 2 aromatic heterocycles. The molecule has 8 heteroatoms. The van der Waals surface area contributed by atoms with E-state index in [0.29, 0.717) is 5.69 Å². The summed E-state index contributed by atoms with van der Waals surface area (Å²) in [5, 5.41) is 3.95. The predicted molar refractivity (Wildman–Crippen MR) is 115 cm³/mol. The summed E-state index contributed by atoms with van der Waals surface area (Å²) >= 11 is 0. The molecule has 0 fully saturated rings. The standard InChI is InChI=1S/C13H12F3N3O.C10H9N/c1-8-5-6-17-12(18-8)19-9-3-4-11(20-2)10(7-9)13(14,15)16;1-8-6-9-4-2-3-5-10(9)11-7-8/h3-7H,1-2H3,(H,17,18,19);2-7H,1H3. The van der Waals surface area contributed by atoms with Gasteiger partial charge in [0, 0.05) is 29.2 Å². The van der Waals surface area contributed by atoms with Crippen LogP contribution < -0.4 is 10.1 Å². The van der Waals surface area contributed by atoms with Gasteiger partial charge in [0.1, 0.15) is 5.75 Å². The largest absolute Gasteiger partial charge is 0.496 e. The Labute approximate surface area is 178 Å². The number of anilines is 2. The van der Waals surface area contributed by atoms with Crippen molar-refractivity contribution in [2.45, 2.75) is 20.0 Å². The SMILES string of the molecule is COc1ccc(Nc2nccc(C)n2)cc1C(F)(F)F.Cc1cnc2ccccc2c1. The molecule has 4 rings (SSSR count). The lowest BCUT2D eigenvalue weighted by Crippen LogP contribution is -2.08. The number of ether oxygens (including phenoxy) is 1. The van der Waals surface area contributed by atoms with Gasteiger partial charge in [-0.3, -0.25) is 4.98 Å². The van der Waals surface area contributed by atoms with Crippen LogP contribution in [0.2, 0.25) is 0 Å². The second kappa shape index (κ2) is 9.42. The van der Waals surface area contributed by atoms with E-state index >= 15 is 0 Å². The lowest BCUT2D eigenvalue weighted by molar-refractivity contribution is -0.138. The van der Waals surface area contributed by atoms with E-state index in [2.05, 4.69) is 39.3 Å². The van der Waals surface area contributed by atoms with Crippen LogP contribution in [0.5, 0.6) is 5.75 Å². The quantitative estimate of drug-likeness (QED) is 0.429. The number of nitrogens with one attached hydrogen (secondary N) is 1. The van der Waals surface area contributed by atoms with E-state index in [4.69, 9.17) is 4.74 Å². The summed E-state index contributed by atoms with van der Waals surface area (Å²) in [6, 6.07) is 15.7. The van der Waals surface area contributed by atoms with Crippen molar-refractivity contribution >= 4 is 22.5 Å². The van der Waals surface area contributed by atoms with Crippen molar-refractivity contribution in [2.75, 3.05) is 12.4 Å². The van der Waals surface area contributed by atoms with E-state index in [9.17, 15) is 13.2 Å². The number of aromatic nitrogens is 3. The van der Waals surface area contributed by atoms with Crippen molar-refractivity contribution in [3.8, 4) is 5.75 Å². The number of pyridine rings is 1. The molecule has 0 aliphatic carbocycles. The van der Waals surface area contributed by atoms with E-state index in [-0.39, 0.29) is 17.4 Å². The third-order valence-corrected chi connectivity index (χ3v) is 4.28. The monoisotopic (exact) mass is 426 g/mol. The zero-order valence-electron chi connectivity index (χ0n) is 17.2. The molecule has 0 bridgehead atoms. The topological polar surface area (TPSA) is 59.9 Å². The molecular weight excluding hydrogens is 405 g/mol. The Balaban J connectivity index is 0.000000207. The first kappa shape index (κ1) is 22.0. The molecule has 0 spiro atoms. The van der Waals surface area contributed by atoms with Crippen LogP contribution in [-0.4, -0.2) is 22.1 Å². The molecule has 0 amide bonds. The highest BCUT2D eigenvalue weighted by molar-refractivity contribution is 5.78. The summed E-state index contributed by atoms with van der Waals surface area (Å²) in [6.45, 7) is 3.82. The zero-order chi connectivity index (χ0) is 22.4. The minimum Gasteiger partial charge on any atom is -0.496 e. The van der Waals surface area contributed by atoms with Crippen molar-refractivity contribution in [3.05, 3.63) is 83.8 Å². The Kier molecular flexibility index (Phi) is 6.69. The number of para-hydroxylation sites is 1. The van der Waals surface area contributed by atoms with Gasteiger partial charge < -0.3 is 10.1 Å². The number of hydrogen-bond acceptors (Lipinski definition) is 5. The summed E-state index contributed by atoms with van der Waals surface area (Å²) in [7, 11) is 1.20. The van der Waals surface area contributed by atoms with Crippen LogP contribution in [0, 0.1) is 13.8 Å². The lowest BCUT2D eigenvalue weighted by atomic mass is 10.1. The molecule has 2 aromatic carbocycles. The molecule has 0 aliphatic heterocycles. The number of halogens is 3. The zero-order valence-corrected chi connectivity index (χ0v) is 17.2. The molecule has 0 radical (unpaired) electrons. The first-order valence-electron chi connectivity index (χ1n) is 9.39. The molecule has 160 valence electrons. The molecule has 0 saturated heterocycles. The van der Waals surface area contributed by atoms with Crippen molar-refractivity contribution in [1.29, 1.82) is 0 Å². The number of fused-ring (bicyclic) bond motifs is 1. The lowest BCUT2D eigenvalue weighted by Gasteiger charge is -2.14. The summed E-state index contributed by atoms with van der Waals surface area (Å²) in [4.78, 5) is 12.3. The summed E-state index contributed by atoms with van der Waals surface area (Å²) in [5.74, 6) is 0.0106. The molecule has 0 aliphatic rings. The number of alkyl halides is 3. The van der Waals surface area contributed by atoms with Gasteiger partial charge in [-0.15, -0.1) is 0 Å². The number of benzene rings is 2. The van der Waals surface area contributed by atoms with Crippen molar-refractivity contribution in [1.82, 2.24) is 15.0 Å². The van der Waals surface area contributed by atoms with Crippen molar-refractivity contribution < 1.29 is 17.9 Å². The third kappa shape index (κ3) is 5.91. The van der Waals surface area contributed by atoms with Gasteiger partial charge in [-0.1, -0.05) is 18.2 Å². The first-order valence-corrected chi connectivity index (χ1v) is 9.39. The number of methoxy groups -OCH3 is 1. The van der Waals surface area contributed by atoms with Crippen LogP contribution in [0.1, 0.15) is 16.8 Å². The maximum atomic E-state index is 12.9. The maximum Gasteiger partial charge on any atom is 0.420 e. The molecule has 4 aromatic rings. The predicted octanol–water partition coefficient (Wildman–Crippen LogP) is 6.10. The molecule has 0 unspecified atom stereocenters. The summed E-state index contributed by atoms with van der Waals surface area (Å²) < 4.78 is 43.4. The Morgan fingerprint density at radius 3 is 2.42 bits per heavy atom. The normalized spacial score (nSPS) is 10.9. The molecular formula is C23H21F3N4O. The first-order chi connectivity index (χ1) is 14.8. The van der Waals surface area contributed by atoms with Crippen LogP contribution in [0.3, 0.4) is 0 Å². The fraction of sp³-hybridized carbons (Fsp3) is 0.174. The highest BCUT2D eigenvalue weighted by Crippen LogP contribution is 2.38. The Bertz CT molecular complexity index is 1180. The number of nitrogens with zero attached hydrogens (tertiary/aromatic N) is 3. The van der Waals surface area contributed by atoms with Gasteiger partial charge in [-0.2, -0.15) is 13.2 Å². The second-order valence-electron chi connectivity index (χ2n) is 6.76. The van der Waals surface area contributed by atoms with E-state index in [1.807, 2.05) is 24.4 Å². The van der Waals surface area contributed by atoms with E-state index in [1.165, 1.54) is 36.4 Å². The van der Waals surface area contributed by atoms with Crippen LogP contribution in [0.25, 0.3) is 10.9 Å². The second-order valence-corrected chi connectivity index (χ2v) is 6.76. The molecule has 5 nitrogen and oxygen atoms in total. The fourth-order valence-corrected chi connectivity index (χ4v) is 2.83. The van der Waals surface area contributed by atoms with Crippen LogP contribution in [0.4, 0.5) is 24.8 Å². The maximum absolute atomic E-state index is 12.9. The minimum absolute atomic E-state index is 0.229. The van der Waals surface area contributed by atoms with Gasteiger partial charge in [-0.25, -0.2) is 9.97 Å². The van der Waals surface area contributed by atoms with Crippen LogP contribution in [-0.2, 0) is 6.18 Å². The van der Waals surface area contributed by atoms with Gasteiger partial charge in [-0.05, 0) is 55.8 Å². The van der Waals surface area contributed by atoms with Crippen LogP contribution >= 0.6 is 0 Å². The van der Waals surface area contributed by atoms with Gasteiger partial charge in [0.2, 0.25) is 5.95 Å². The minimum atomic E-state index is -4.49. The van der Waals surface area contributed by atoms with E-state index < -0.39 is 11.7 Å². The molecule has 31 heavy (non-hydrogen) atoms. The average Bonchev–Trinajstić information content (AvgIpc) is 2.73. The van der Waals surface area contributed by atoms with Crippen LogP contribution in [0.15, 0.2) is 67.0 Å². The number of hydrogen-bond donors (Lipinski definition) is 1. The van der Waals surface area contributed by atoms with Crippen molar-refractivity contribution in [3.63, 3.8) is 0 Å². The van der Waals surface area contributed by atoms with Gasteiger partial charge in [0.25, 0.3) is 0 Å². The summed E-state index contributed by atoms with van der Waals surface area (Å²) in [6.07, 6.45) is -1.07. The van der Waals surface area contributed by atoms with Crippen molar-refractivity contribution in [2.24, 2.45) is 0 Å². The van der Waals surface area contributed by atoms with Gasteiger partial charge in [0.15, 0.2) is 0 Å². The fourth-order valence-electron chi connectivity index (χ4n) is 2.83. The number of rotatable bonds is 3. The highest BCUT2D eigenvalue weighted by Gasteiger charge is 2.34. The molecule has 0 atom stereocenters. The Morgan fingerprint density at radius 2 is 1.71 bits per heavy atom. The van der Waals surface area contributed by atoms with Gasteiger partial charge in [0.05, 0.1) is 18.2 Å². The Hall–Kier alpha value is -3.68. The van der Waals surface area contributed by atoms with E-state index in [1.54, 1.807) is 13.0 Å². The van der Waals surface area contributed by atoms with E-state index in [0.717, 1.165) is 11.6 Å². The molecule has 0 saturated carbocycles. The smallest absolute Gasteiger partial charge is 0.420 e. The van der Waals surface area contributed by atoms with Gasteiger partial charge >= 0.3 is 6.18 Å². The highest BCUT2D eigenvalue weighted by atomic mass is 19.4. The molecule has 2 heterocycles. The molecule has 1 N–H and O–H groups in total. The third-order valence-electron chi connectivity index (χ3n) is 4.28. The number of aryl methyl sites for hydroxylation is 2. The Morgan fingerprint density at radius 1 is 0.935 bits per heavy atom. The summed E-state index contributed by atoms with van der Waals surface area (Å²) in [5.41, 5.74) is 2.38.